The highest BCUT2D eigenvalue weighted by Gasteiger charge is 2.11. The minimum atomic E-state index is -0.0248. The van der Waals surface area contributed by atoms with Crippen molar-refractivity contribution in [2.45, 2.75) is 34.2 Å². The number of aromatic amines is 1. The first kappa shape index (κ1) is 13.2. The van der Waals surface area contributed by atoms with Crippen LogP contribution in [-0.2, 0) is 6.54 Å². The lowest BCUT2D eigenvalue weighted by atomic mass is 10.2. The molecule has 2 aromatic heterocycles. The Morgan fingerprint density at radius 2 is 2.11 bits per heavy atom. The summed E-state index contributed by atoms with van der Waals surface area (Å²) in [7, 11) is 0. The van der Waals surface area contributed by atoms with Crippen molar-refractivity contribution in [1.29, 1.82) is 0 Å². The second-order valence-corrected chi connectivity index (χ2v) is 6.20. The summed E-state index contributed by atoms with van der Waals surface area (Å²) in [6.45, 7) is 9.83. The van der Waals surface area contributed by atoms with Crippen LogP contribution in [-0.4, -0.2) is 16.5 Å². The van der Waals surface area contributed by atoms with Crippen LogP contribution in [0.3, 0.4) is 0 Å². The predicted octanol–water partition coefficient (Wildman–Crippen LogP) is 2.35. The number of nitrogens with one attached hydrogen (secondary N) is 2. The SMILES string of the molecule is Cc1sc2nc(CNCC(C)C)[nH]c(=O)c2c1C. The number of aryl methyl sites for hydroxylation is 2. The van der Waals surface area contributed by atoms with E-state index < -0.39 is 0 Å². The highest BCUT2D eigenvalue weighted by Crippen LogP contribution is 2.25. The minimum absolute atomic E-state index is 0.0248. The van der Waals surface area contributed by atoms with Gasteiger partial charge in [0.2, 0.25) is 0 Å². The predicted molar refractivity (Wildman–Crippen MR) is 76.3 cm³/mol. The van der Waals surface area contributed by atoms with Crippen molar-refractivity contribution >= 4 is 21.6 Å². The van der Waals surface area contributed by atoms with E-state index in [0.29, 0.717) is 12.5 Å². The van der Waals surface area contributed by atoms with Gasteiger partial charge in [-0.25, -0.2) is 4.98 Å². The van der Waals surface area contributed by atoms with Gasteiger partial charge in [-0.05, 0) is 31.9 Å². The minimum Gasteiger partial charge on any atom is -0.310 e. The summed E-state index contributed by atoms with van der Waals surface area (Å²) in [6, 6.07) is 0. The fraction of sp³-hybridized carbons (Fsp3) is 0.538. The Kier molecular flexibility index (Phi) is 3.82. The van der Waals surface area contributed by atoms with Crippen molar-refractivity contribution in [3.8, 4) is 0 Å². The van der Waals surface area contributed by atoms with E-state index in [0.717, 1.165) is 33.0 Å². The molecule has 0 saturated carbocycles. The highest BCUT2D eigenvalue weighted by atomic mass is 32.1. The second kappa shape index (κ2) is 5.20. The number of thiophene rings is 1. The monoisotopic (exact) mass is 265 g/mol. The van der Waals surface area contributed by atoms with Gasteiger partial charge in [-0.15, -0.1) is 11.3 Å². The van der Waals surface area contributed by atoms with Crippen LogP contribution < -0.4 is 10.9 Å². The average Bonchev–Trinajstić information content (AvgIpc) is 2.54. The van der Waals surface area contributed by atoms with Crippen molar-refractivity contribution in [1.82, 2.24) is 15.3 Å². The van der Waals surface area contributed by atoms with Crippen LogP contribution in [0.2, 0.25) is 0 Å². The largest absolute Gasteiger partial charge is 0.310 e. The van der Waals surface area contributed by atoms with Crippen LogP contribution >= 0.6 is 11.3 Å². The van der Waals surface area contributed by atoms with E-state index >= 15 is 0 Å². The number of H-pyrrole nitrogens is 1. The summed E-state index contributed by atoms with van der Waals surface area (Å²) >= 11 is 1.59. The molecule has 0 aromatic carbocycles. The molecule has 5 heteroatoms. The van der Waals surface area contributed by atoms with Gasteiger partial charge < -0.3 is 10.3 Å². The molecule has 2 heterocycles. The molecule has 18 heavy (non-hydrogen) atoms. The molecule has 0 unspecified atom stereocenters. The molecule has 0 aliphatic carbocycles. The lowest BCUT2D eigenvalue weighted by molar-refractivity contribution is 0.543. The number of hydrogen-bond acceptors (Lipinski definition) is 4. The number of aromatic nitrogens is 2. The van der Waals surface area contributed by atoms with E-state index in [2.05, 4.69) is 29.1 Å². The summed E-state index contributed by atoms with van der Waals surface area (Å²) in [5.74, 6) is 1.31. The van der Waals surface area contributed by atoms with Crippen molar-refractivity contribution < 1.29 is 0 Å². The van der Waals surface area contributed by atoms with E-state index in [1.54, 1.807) is 11.3 Å². The molecule has 4 nitrogen and oxygen atoms in total. The van der Waals surface area contributed by atoms with Crippen LogP contribution in [0.15, 0.2) is 4.79 Å². The standard InChI is InChI=1S/C13H19N3OS/c1-7(2)5-14-6-10-15-12(17)11-8(3)9(4)18-13(11)16-10/h7,14H,5-6H2,1-4H3,(H,15,16,17). The lowest BCUT2D eigenvalue weighted by Crippen LogP contribution is -2.22. The topological polar surface area (TPSA) is 57.8 Å². The molecular weight excluding hydrogens is 246 g/mol. The van der Waals surface area contributed by atoms with Gasteiger partial charge >= 0.3 is 0 Å². The van der Waals surface area contributed by atoms with Gasteiger partial charge in [0, 0.05) is 4.88 Å². The van der Waals surface area contributed by atoms with E-state index in [1.807, 2.05) is 13.8 Å². The zero-order valence-corrected chi connectivity index (χ0v) is 12.1. The first-order valence-corrected chi connectivity index (χ1v) is 7.00. The van der Waals surface area contributed by atoms with Crippen LogP contribution in [0.25, 0.3) is 10.2 Å². The Balaban J connectivity index is 2.29. The van der Waals surface area contributed by atoms with Crippen LogP contribution in [0, 0.1) is 19.8 Å². The fourth-order valence-electron chi connectivity index (χ4n) is 1.86. The molecule has 2 rings (SSSR count). The van der Waals surface area contributed by atoms with E-state index in [4.69, 9.17) is 0 Å². The zero-order chi connectivity index (χ0) is 13.3. The molecule has 0 fully saturated rings. The third-order valence-electron chi connectivity index (χ3n) is 2.93. The van der Waals surface area contributed by atoms with E-state index in [-0.39, 0.29) is 5.56 Å². The maximum absolute atomic E-state index is 12.0. The average molecular weight is 265 g/mol. The maximum Gasteiger partial charge on any atom is 0.259 e. The van der Waals surface area contributed by atoms with Gasteiger partial charge in [-0.1, -0.05) is 13.8 Å². The third-order valence-corrected chi connectivity index (χ3v) is 4.03. The van der Waals surface area contributed by atoms with Gasteiger partial charge in [0.1, 0.15) is 10.7 Å². The van der Waals surface area contributed by atoms with Gasteiger partial charge in [0.05, 0.1) is 11.9 Å². The Labute approximate surface area is 110 Å². The molecule has 2 N–H and O–H groups in total. The smallest absolute Gasteiger partial charge is 0.259 e. The highest BCUT2D eigenvalue weighted by molar-refractivity contribution is 7.18. The molecule has 98 valence electrons. The molecule has 0 spiro atoms. The van der Waals surface area contributed by atoms with Crippen LogP contribution in [0.5, 0.6) is 0 Å². The van der Waals surface area contributed by atoms with Crippen molar-refractivity contribution in [3.05, 3.63) is 26.6 Å². The van der Waals surface area contributed by atoms with E-state index in [1.165, 1.54) is 0 Å². The zero-order valence-electron chi connectivity index (χ0n) is 11.3. The normalized spacial score (nSPS) is 11.6. The van der Waals surface area contributed by atoms with Crippen molar-refractivity contribution in [2.75, 3.05) is 6.54 Å². The molecule has 0 aliphatic heterocycles. The quantitative estimate of drug-likeness (QED) is 0.892. The van der Waals surface area contributed by atoms with Gasteiger partial charge in [-0.3, -0.25) is 4.79 Å². The van der Waals surface area contributed by atoms with Crippen molar-refractivity contribution in [2.24, 2.45) is 5.92 Å². The molecule has 0 bridgehead atoms. The molecular formula is C13H19N3OS. The number of rotatable bonds is 4. The molecule has 0 atom stereocenters. The third kappa shape index (κ3) is 2.62. The first-order valence-electron chi connectivity index (χ1n) is 6.18. The first-order chi connectivity index (χ1) is 8.49. The summed E-state index contributed by atoms with van der Waals surface area (Å²) in [4.78, 5) is 21.4. The van der Waals surface area contributed by atoms with Gasteiger partial charge in [0.25, 0.3) is 5.56 Å². The van der Waals surface area contributed by atoms with E-state index in [9.17, 15) is 4.79 Å². The summed E-state index contributed by atoms with van der Waals surface area (Å²) in [6.07, 6.45) is 0. The number of hydrogen-bond donors (Lipinski definition) is 2. The Morgan fingerprint density at radius 1 is 1.39 bits per heavy atom. The summed E-state index contributed by atoms with van der Waals surface area (Å²) in [5, 5.41) is 4.03. The number of fused-ring (bicyclic) bond motifs is 1. The molecule has 0 amide bonds. The molecule has 2 aromatic rings. The molecule has 0 aliphatic rings. The maximum atomic E-state index is 12.0. The summed E-state index contributed by atoms with van der Waals surface area (Å²) in [5.41, 5.74) is 1.02. The van der Waals surface area contributed by atoms with Gasteiger partial charge in [-0.2, -0.15) is 0 Å². The van der Waals surface area contributed by atoms with Crippen LogP contribution in [0.1, 0.15) is 30.1 Å². The van der Waals surface area contributed by atoms with Crippen molar-refractivity contribution in [3.63, 3.8) is 0 Å². The Hall–Kier alpha value is -1.20. The number of nitrogens with zero attached hydrogens (tertiary/aromatic N) is 1. The Bertz CT molecular complexity index is 612. The van der Waals surface area contributed by atoms with Gasteiger partial charge in [0.15, 0.2) is 0 Å². The molecule has 0 saturated heterocycles. The van der Waals surface area contributed by atoms with Crippen LogP contribution in [0.4, 0.5) is 0 Å². The fourth-order valence-corrected chi connectivity index (χ4v) is 2.91. The summed E-state index contributed by atoms with van der Waals surface area (Å²) < 4.78 is 0. The Morgan fingerprint density at radius 3 is 2.78 bits per heavy atom. The molecule has 0 radical (unpaired) electrons. The second-order valence-electron chi connectivity index (χ2n) is 5.00. The lowest BCUT2D eigenvalue weighted by Gasteiger charge is -2.06.